The molecule has 1 aromatic heterocycles. The number of ether oxygens (including phenoxy) is 1. The van der Waals surface area contributed by atoms with Crippen LogP contribution in [0.2, 0.25) is 0 Å². The summed E-state index contributed by atoms with van der Waals surface area (Å²) in [5, 5.41) is 5.74. The number of hydrogen-bond acceptors (Lipinski definition) is 4. The molecular weight excluding hydrogens is 291 g/mol. The number of alkyl halides is 3. The Labute approximate surface area is 118 Å². The topological polar surface area (TPSA) is 73.2 Å². The van der Waals surface area contributed by atoms with Gasteiger partial charge in [0.05, 0.1) is 6.61 Å². The Kier molecular flexibility index (Phi) is 5.12. The summed E-state index contributed by atoms with van der Waals surface area (Å²) in [5.41, 5.74) is -1.31. The van der Waals surface area contributed by atoms with Gasteiger partial charge in [0.15, 0.2) is 5.69 Å². The number of esters is 1. The minimum Gasteiger partial charge on any atom is -0.463 e. The quantitative estimate of drug-likeness (QED) is 0.678. The molecule has 9 heteroatoms. The summed E-state index contributed by atoms with van der Waals surface area (Å²) in [6, 6.07) is 0.632. The minimum absolute atomic E-state index is 0.137. The maximum absolute atomic E-state index is 12.6. The molecule has 1 amide bonds. The van der Waals surface area contributed by atoms with Crippen molar-refractivity contribution in [2.24, 2.45) is 7.05 Å². The van der Waals surface area contributed by atoms with Crippen molar-refractivity contribution >= 4 is 11.9 Å². The van der Waals surface area contributed by atoms with Crippen LogP contribution in [0.15, 0.2) is 17.8 Å². The number of nitrogens with zero attached hydrogens (tertiary/aromatic N) is 2. The van der Waals surface area contributed by atoms with Crippen LogP contribution in [-0.2, 0) is 22.8 Å². The summed E-state index contributed by atoms with van der Waals surface area (Å²) in [4.78, 5) is 22.9. The van der Waals surface area contributed by atoms with Gasteiger partial charge in [0.2, 0.25) is 0 Å². The Hall–Kier alpha value is -2.32. The number of allylic oxidation sites excluding steroid dienone is 1. The highest BCUT2D eigenvalue weighted by molar-refractivity contribution is 5.94. The highest BCUT2D eigenvalue weighted by Gasteiger charge is 2.35. The van der Waals surface area contributed by atoms with Crippen LogP contribution in [0.25, 0.3) is 0 Å². The first-order valence-electron chi connectivity index (χ1n) is 5.92. The van der Waals surface area contributed by atoms with Crippen LogP contribution in [0.1, 0.15) is 30.0 Å². The molecule has 21 heavy (non-hydrogen) atoms. The summed E-state index contributed by atoms with van der Waals surface area (Å²) >= 11 is 0. The minimum atomic E-state index is -4.60. The second kappa shape index (κ2) is 6.42. The number of halogens is 3. The van der Waals surface area contributed by atoms with E-state index in [-0.39, 0.29) is 12.3 Å². The van der Waals surface area contributed by atoms with Gasteiger partial charge in [0, 0.05) is 24.9 Å². The Morgan fingerprint density at radius 2 is 2.10 bits per heavy atom. The fraction of sp³-hybridized carbons (Fsp3) is 0.417. The lowest BCUT2D eigenvalue weighted by molar-refractivity contribution is -0.143. The second-order valence-electron chi connectivity index (χ2n) is 4.07. The highest BCUT2D eigenvalue weighted by atomic mass is 19.4. The van der Waals surface area contributed by atoms with Crippen molar-refractivity contribution in [2.75, 3.05) is 6.61 Å². The zero-order valence-corrected chi connectivity index (χ0v) is 11.6. The van der Waals surface area contributed by atoms with Crippen LogP contribution in [0.5, 0.6) is 0 Å². The van der Waals surface area contributed by atoms with E-state index in [0.717, 1.165) is 13.1 Å². The van der Waals surface area contributed by atoms with E-state index < -0.39 is 29.4 Å². The summed E-state index contributed by atoms with van der Waals surface area (Å²) < 4.78 is 42.9. The first-order chi connectivity index (χ1) is 9.65. The van der Waals surface area contributed by atoms with Crippen molar-refractivity contribution in [3.8, 4) is 0 Å². The number of carbonyl (C=O) groups excluding carboxylic acids is 2. The number of aryl methyl sites for hydroxylation is 1. The van der Waals surface area contributed by atoms with E-state index in [1.165, 1.54) is 6.92 Å². The van der Waals surface area contributed by atoms with Crippen LogP contribution >= 0.6 is 0 Å². The molecule has 0 saturated carbocycles. The molecule has 0 aromatic carbocycles. The zero-order chi connectivity index (χ0) is 16.2. The van der Waals surface area contributed by atoms with Crippen LogP contribution in [0.3, 0.4) is 0 Å². The summed E-state index contributed by atoms with van der Waals surface area (Å²) in [7, 11) is 1.08. The SMILES string of the molecule is CCOC(=O)/C=C(\C)NC(=O)c1cc(C(F)(F)F)n(C)n1. The van der Waals surface area contributed by atoms with Gasteiger partial charge in [-0.25, -0.2) is 4.79 Å². The molecule has 1 aromatic rings. The predicted octanol–water partition coefficient (Wildman–Crippen LogP) is 1.64. The first kappa shape index (κ1) is 16.7. The van der Waals surface area contributed by atoms with Gasteiger partial charge in [-0.2, -0.15) is 18.3 Å². The van der Waals surface area contributed by atoms with Crippen molar-refractivity contribution in [3.63, 3.8) is 0 Å². The van der Waals surface area contributed by atoms with Gasteiger partial charge >= 0.3 is 12.1 Å². The maximum atomic E-state index is 12.6. The standard InChI is InChI=1S/C12H14F3N3O3/c1-4-21-10(19)5-7(2)16-11(20)8-6-9(12(13,14)15)18(3)17-8/h5-6H,4H2,1-3H3,(H,16,20)/b7-5+. The van der Waals surface area contributed by atoms with E-state index in [9.17, 15) is 22.8 Å². The van der Waals surface area contributed by atoms with E-state index in [2.05, 4.69) is 15.2 Å². The molecule has 1 heterocycles. The fourth-order valence-corrected chi connectivity index (χ4v) is 1.48. The largest absolute Gasteiger partial charge is 0.463 e. The summed E-state index contributed by atoms with van der Waals surface area (Å²) in [5.74, 6) is -1.51. The molecule has 0 saturated heterocycles. The van der Waals surface area contributed by atoms with E-state index >= 15 is 0 Å². The third-order valence-corrected chi connectivity index (χ3v) is 2.33. The van der Waals surface area contributed by atoms with Crippen LogP contribution in [-0.4, -0.2) is 28.3 Å². The number of hydrogen-bond donors (Lipinski definition) is 1. The van der Waals surface area contributed by atoms with Gasteiger partial charge in [0.25, 0.3) is 5.91 Å². The Balaban J connectivity index is 2.84. The maximum Gasteiger partial charge on any atom is 0.433 e. The van der Waals surface area contributed by atoms with Crippen molar-refractivity contribution in [1.29, 1.82) is 0 Å². The van der Waals surface area contributed by atoms with Crippen LogP contribution in [0.4, 0.5) is 13.2 Å². The van der Waals surface area contributed by atoms with Gasteiger partial charge in [-0.1, -0.05) is 0 Å². The Morgan fingerprint density at radius 1 is 1.48 bits per heavy atom. The molecule has 1 N–H and O–H groups in total. The molecule has 0 unspecified atom stereocenters. The molecule has 0 aliphatic rings. The van der Waals surface area contributed by atoms with E-state index in [4.69, 9.17) is 0 Å². The lowest BCUT2D eigenvalue weighted by Gasteiger charge is -2.04. The molecule has 1 rings (SSSR count). The molecule has 6 nitrogen and oxygen atoms in total. The van der Waals surface area contributed by atoms with Gasteiger partial charge in [0.1, 0.15) is 5.69 Å². The highest BCUT2D eigenvalue weighted by Crippen LogP contribution is 2.29. The molecule has 0 atom stereocenters. The lowest BCUT2D eigenvalue weighted by atomic mass is 10.3. The van der Waals surface area contributed by atoms with E-state index in [1.54, 1.807) is 6.92 Å². The third-order valence-electron chi connectivity index (χ3n) is 2.33. The lowest BCUT2D eigenvalue weighted by Crippen LogP contribution is -2.23. The van der Waals surface area contributed by atoms with Gasteiger partial charge in [-0.3, -0.25) is 9.48 Å². The molecule has 116 valence electrons. The van der Waals surface area contributed by atoms with Crippen molar-refractivity contribution in [3.05, 3.63) is 29.2 Å². The van der Waals surface area contributed by atoms with E-state index in [1.807, 2.05) is 0 Å². The molecule has 0 spiro atoms. The summed E-state index contributed by atoms with van der Waals surface area (Å²) in [6.45, 7) is 3.19. The van der Waals surface area contributed by atoms with Gasteiger partial charge < -0.3 is 10.1 Å². The zero-order valence-electron chi connectivity index (χ0n) is 11.6. The van der Waals surface area contributed by atoms with Crippen LogP contribution < -0.4 is 5.32 Å². The van der Waals surface area contributed by atoms with Crippen molar-refractivity contribution in [2.45, 2.75) is 20.0 Å². The van der Waals surface area contributed by atoms with Crippen molar-refractivity contribution in [1.82, 2.24) is 15.1 Å². The van der Waals surface area contributed by atoms with E-state index in [0.29, 0.717) is 10.7 Å². The molecular formula is C12H14F3N3O3. The number of amides is 1. The molecule has 0 fully saturated rings. The Morgan fingerprint density at radius 3 is 2.57 bits per heavy atom. The number of carbonyl (C=O) groups is 2. The predicted molar refractivity (Wildman–Crippen MR) is 66.1 cm³/mol. The first-order valence-corrected chi connectivity index (χ1v) is 5.92. The second-order valence-corrected chi connectivity index (χ2v) is 4.07. The smallest absolute Gasteiger partial charge is 0.433 e. The molecule has 0 aliphatic carbocycles. The molecule has 0 bridgehead atoms. The summed E-state index contributed by atoms with van der Waals surface area (Å²) in [6.07, 6.45) is -3.58. The van der Waals surface area contributed by atoms with Crippen molar-refractivity contribution < 1.29 is 27.5 Å². The van der Waals surface area contributed by atoms with Gasteiger partial charge in [-0.05, 0) is 13.8 Å². The number of rotatable bonds is 4. The number of aromatic nitrogens is 2. The van der Waals surface area contributed by atoms with Crippen LogP contribution in [0, 0.1) is 0 Å². The molecule has 0 aliphatic heterocycles. The normalized spacial score (nSPS) is 12.2. The monoisotopic (exact) mass is 305 g/mol. The average molecular weight is 305 g/mol. The number of nitrogens with one attached hydrogen (secondary N) is 1. The Bertz CT molecular complexity index is 576. The van der Waals surface area contributed by atoms with Gasteiger partial charge in [-0.15, -0.1) is 0 Å². The third kappa shape index (κ3) is 4.62. The average Bonchev–Trinajstić information content (AvgIpc) is 2.71. The fourth-order valence-electron chi connectivity index (χ4n) is 1.48. The molecule has 0 radical (unpaired) electrons.